The number of hydrogen-bond donors (Lipinski definition) is 4. The number of benzene rings is 5. The number of anilines is 3. The van der Waals surface area contributed by atoms with Gasteiger partial charge in [0.1, 0.15) is 11.6 Å². The van der Waals surface area contributed by atoms with Gasteiger partial charge in [-0.15, -0.1) is 11.6 Å². The van der Waals surface area contributed by atoms with E-state index in [-0.39, 0.29) is 23.5 Å². The summed E-state index contributed by atoms with van der Waals surface area (Å²) in [6.07, 6.45) is 0. The summed E-state index contributed by atoms with van der Waals surface area (Å²) in [5.74, 6) is 0.682. The average Bonchev–Trinajstić information content (AvgIpc) is 3.63. The zero-order chi connectivity index (χ0) is 30.5. The molecule has 2 heterocycles. The Bertz CT molecular complexity index is 2090. The lowest BCUT2D eigenvalue weighted by Crippen LogP contribution is -2.30. The van der Waals surface area contributed by atoms with Gasteiger partial charge in [0.05, 0.1) is 16.7 Å². The van der Waals surface area contributed by atoms with Crippen LogP contribution in [0.3, 0.4) is 0 Å². The van der Waals surface area contributed by atoms with Gasteiger partial charge >= 0.3 is 0 Å². The molecular formula is C35H28ClN5O3. The molecule has 1 aliphatic heterocycles. The number of carbonyl (C=O) groups is 2. The first-order chi connectivity index (χ1) is 21.3. The number of imidazole rings is 1. The quantitative estimate of drug-likeness (QED) is 0.123. The Morgan fingerprint density at radius 3 is 2.52 bits per heavy atom. The van der Waals surface area contributed by atoms with Crippen molar-refractivity contribution in [3.63, 3.8) is 0 Å². The Kier molecular flexibility index (Phi) is 6.71. The number of aromatic nitrogens is 2. The number of nitrogens with zero attached hydrogens (tertiary/aromatic N) is 2. The number of carbonyl (C=O) groups excluding carboxylic acids is 2. The van der Waals surface area contributed by atoms with E-state index in [9.17, 15) is 14.7 Å². The molecule has 0 saturated heterocycles. The average molecular weight is 602 g/mol. The number of nitrogens with one attached hydrogen (secondary N) is 2. The minimum Gasteiger partial charge on any atom is -0.507 e. The van der Waals surface area contributed by atoms with E-state index in [1.807, 2.05) is 55.5 Å². The highest BCUT2D eigenvalue weighted by Crippen LogP contribution is 2.46. The molecule has 5 N–H and O–H groups in total. The number of fused-ring (bicyclic) bond motifs is 4. The molecule has 1 aliphatic rings. The first-order valence-electron chi connectivity index (χ1n) is 14.2. The maximum Gasteiger partial charge on any atom is 0.258 e. The van der Waals surface area contributed by atoms with E-state index in [1.165, 1.54) is 0 Å². The number of hydrogen-bond acceptors (Lipinski definition) is 5. The van der Waals surface area contributed by atoms with E-state index < -0.39 is 0 Å². The van der Waals surface area contributed by atoms with E-state index in [0.29, 0.717) is 46.4 Å². The molecule has 44 heavy (non-hydrogen) atoms. The molecule has 0 aliphatic carbocycles. The van der Waals surface area contributed by atoms with Crippen LogP contribution in [0.5, 0.6) is 5.75 Å². The first kappa shape index (κ1) is 27.5. The van der Waals surface area contributed by atoms with Crippen molar-refractivity contribution in [3.05, 3.63) is 113 Å². The molecule has 7 rings (SSSR count). The second-order valence-corrected chi connectivity index (χ2v) is 11.4. The number of aryl methyl sites for hydroxylation is 1. The maximum absolute atomic E-state index is 13.9. The van der Waals surface area contributed by atoms with Crippen LogP contribution in [-0.4, -0.2) is 39.3 Å². The van der Waals surface area contributed by atoms with Crippen molar-refractivity contribution in [1.82, 2.24) is 9.97 Å². The zero-order valence-corrected chi connectivity index (χ0v) is 24.5. The van der Waals surface area contributed by atoms with Crippen LogP contribution < -0.4 is 16.0 Å². The Morgan fingerprint density at radius 2 is 1.77 bits per heavy atom. The number of phenols is 1. The Hall–Kier alpha value is -5.34. The van der Waals surface area contributed by atoms with Crippen LogP contribution in [0.4, 0.5) is 17.1 Å². The maximum atomic E-state index is 13.9. The van der Waals surface area contributed by atoms with Gasteiger partial charge in [-0.25, -0.2) is 4.98 Å². The van der Waals surface area contributed by atoms with Crippen molar-refractivity contribution in [2.75, 3.05) is 28.4 Å². The molecule has 1 atom stereocenters. The molecule has 0 radical (unpaired) electrons. The number of H-pyrrole nitrogens is 1. The number of phenolic OH excluding ortho intramolecular Hbond substituents is 1. The number of nitrogen functional groups attached to an aromatic ring is 1. The fourth-order valence-corrected chi connectivity index (χ4v) is 6.25. The van der Waals surface area contributed by atoms with Crippen LogP contribution in [0, 0.1) is 6.92 Å². The van der Waals surface area contributed by atoms with Crippen molar-refractivity contribution in [2.45, 2.75) is 12.8 Å². The second-order valence-electron chi connectivity index (χ2n) is 11.1. The fraction of sp³-hybridized carbons (Fsp3) is 0.114. The third-order valence-electron chi connectivity index (χ3n) is 8.22. The predicted octanol–water partition coefficient (Wildman–Crippen LogP) is 7.21. The number of amides is 2. The molecule has 0 fully saturated rings. The molecule has 8 nitrogen and oxygen atoms in total. The summed E-state index contributed by atoms with van der Waals surface area (Å²) in [7, 11) is 0. The lowest BCUT2D eigenvalue weighted by molar-refractivity contribution is 0.0987. The molecule has 2 amide bonds. The molecule has 0 spiro atoms. The van der Waals surface area contributed by atoms with E-state index in [2.05, 4.69) is 10.3 Å². The number of nitrogens with two attached hydrogens (primary N) is 1. The molecular weight excluding hydrogens is 574 g/mol. The Morgan fingerprint density at radius 1 is 1.02 bits per heavy atom. The zero-order valence-electron chi connectivity index (χ0n) is 23.8. The van der Waals surface area contributed by atoms with Crippen molar-refractivity contribution < 1.29 is 14.7 Å². The summed E-state index contributed by atoms with van der Waals surface area (Å²) >= 11 is 6.41. The van der Waals surface area contributed by atoms with Gasteiger partial charge in [-0.1, -0.05) is 18.2 Å². The van der Waals surface area contributed by atoms with Gasteiger partial charge in [0, 0.05) is 57.9 Å². The number of aromatic hydroxyl groups is 1. The van der Waals surface area contributed by atoms with Crippen LogP contribution in [0.1, 0.15) is 37.8 Å². The minimum atomic E-state index is -0.227. The summed E-state index contributed by atoms with van der Waals surface area (Å²) in [6, 6.07) is 27.0. The van der Waals surface area contributed by atoms with E-state index in [4.69, 9.17) is 22.3 Å². The lowest BCUT2D eigenvalue weighted by atomic mass is 9.92. The number of halogens is 1. The highest BCUT2D eigenvalue weighted by Gasteiger charge is 2.35. The van der Waals surface area contributed by atoms with Gasteiger partial charge in [0.25, 0.3) is 11.8 Å². The number of aromatic amines is 1. The number of alkyl halides is 1. The van der Waals surface area contributed by atoms with E-state index in [1.54, 1.807) is 47.4 Å². The van der Waals surface area contributed by atoms with Gasteiger partial charge in [-0.3, -0.25) is 9.59 Å². The predicted molar refractivity (Wildman–Crippen MR) is 176 cm³/mol. The summed E-state index contributed by atoms with van der Waals surface area (Å²) in [5, 5.41) is 15.5. The molecule has 6 aromatic rings. The molecule has 218 valence electrons. The molecule has 1 aromatic heterocycles. The van der Waals surface area contributed by atoms with Gasteiger partial charge in [0.15, 0.2) is 0 Å². The van der Waals surface area contributed by atoms with Crippen LogP contribution in [0.2, 0.25) is 0 Å². The first-order valence-corrected chi connectivity index (χ1v) is 14.7. The topological polar surface area (TPSA) is 124 Å². The monoisotopic (exact) mass is 601 g/mol. The fourth-order valence-electron chi connectivity index (χ4n) is 6.00. The molecule has 0 bridgehead atoms. The van der Waals surface area contributed by atoms with Crippen molar-refractivity contribution >= 4 is 62.3 Å². The third kappa shape index (κ3) is 4.69. The second kappa shape index (κ2) is 10.7. The SMILES string of the molecule is Cc1cccc2c(O)cc3c(c12)C(CCl)CN3C(=O)c1ccc2nc(-c3ccc(NC(=O)c4ccc(N)cc4)cc3)[nH]c2c1. The normalized spacial score (nSPS) is 14.2. The summed E-state index contributed by atoms with van der Waals surface area (Å²) in [4.78, 5) is 36.2. The van der Waals surface area contributed by atoms with Crippen molar-refractivity contribution in [2.24, 2.45) is 0 Å². The van der Waals surface area contributed by atoms with Gasteiger partial charge in [-0.2, -0.15) is 0 Å². The largest absolute Gasteiger partial charge is 0.507 e. The third-order valence-corrected chi connectivity index (χ3v) is 8.59. The van der Waals surface area contributed by atoms with Crippen LogP contribution in [0.25, 0.3) is 33.2 Å². The van der Waals surface area contributed by atoms with Crippen LogP contribution >= 0.6 is 11.6 Å². The summed E-state index contributed by atoms with van der Waals surface area (Å²) in [6.45, 7) is 2.44. The van der Waals surface area contributed by atoms with Crippen LogP contribution in [-0.2, 0) is 0 Å². The molecule has 0 saturated carbocycles. The van der Waals surface area contributed by atoms with Gasteiger partial charge in [-0.05, 0) is 90.2 Å². The van der Waals surface area contributed by atoms with Gasteiger partial charge < -0.3 is 26.0 Å². The van der Waals surface area contributed by atoms with Crippen molar-refractivity contribution in [1.29, 1.82) is 0 Å². The molecule has 9 heteroatoms. The van der Waals surface area contributed by atoms with E-state index >= 15 is 0 Å². The van der Waals surface area contributed by atoms with E-state index in [0.717, 1.165) is 38.5 Å². The highest BCUT2D eigenvalue weighted by atomic mass is 35.5. The lowest BCUT2D eigenvalue weighted by Gasteiger charge is -2.19. The summed E-state index contributed by atoms with van der Waals surface area (Å²) < 4.78 is 0. The van der Waals surface area contributed by atoms with Crippen molar-refractivity contribution in [3.8, 4) is 17.1 Å². The Labute approximate surface area is 258 Å². The van der Waals surface area contributed by atoms with Gasteiger partial charge in [0.2, 0.25) is 0 Å². The number of rotatable bonds is 5. The molecule has 5 aromatic carbocycles. The molecule has 1 unspecified atom stereocenters. The smallest absolute Gasteiger partial charge is 0.258 e. The minimum absolute atomic E-state index is 0.0541. The standard InChI is InChI=1S/C35H28ClN5O3/c1-19-3-2-4-26-30(42)16-29-32(31(19)26)23(17-36)18-41(29)35(44)22-9-14-27-28(15-22)40-33(39-27)20-7-12-25(13-8-20)38-34(43)21-5-10-24(37)11-6-21/h2-16,23,42H,17-18,37H2,1H3,(H,38,43)(H,39,40). The van der Waals surface area contributed by atoms with Crippen LogP contribution in [0.15, 0.2) is 91.0 Å². The Balaban J connectivity index is 1.15. The summed E-state index contributed by atoms with van der Waals surface area (Å²) in [5.41, 5.74) is 13.0. The highest BCUT2D eigenvalue weighted by molar-refractivity contribution is 6.19.